The molecule has 3 heteroatoms. The molecule has 1 aromatic rings. The normalized spacial score (nSPS) is 10.3. The van der Waals surface area contributed by atoms with E-state index in [9.17, 15) is 8.78 Å². The lowest BCUT2D eigenvalue weighted by Crippen LogP contribution is -1.84. The van der Waals surface area contributed by atoms with Crippen LogP contribution >= 0.6 is 11.6 Å². The van der Waals surface area contributed by atoms with Crippen molar-refractivity contribution in [1.29, 1.82) is 0 Å². The molecule has 0 aliphatic rings. The zero-order valence-corrected chi connectivity index (χ0v) is 6.98. The summed E-state index contributed by atoms with van der Waals surface area (Å²) in [6, 6.07) is 4.12. The summed E-state index contributed by atoms with van der Waals surface area (Å²) >= 11 is 5.67. The number of halogens is 3. The maximum absolute atomic E-state index is 12.1. The Morgan fingerprint density at radius 1 is 1.42 bits per heavy atom. The van der Waals surface area contributed by atoms with Crippen LogP contribution in [-0.2, 0) is 0 Å². The van der Waals surface area contributed by atoms with Crippen LogP contribution in [0.2, 0.25) is 5.02 Å². The lowest BCUT2D eigenvalue weighted by Gasteiger charge is -2.02. The van der Waals surface area contributed by atoms with Gasteiger partial charge in [0.2, 0.25) is 0 Å². The molecule has 0 atom stereocenters. The summed E-state index contributed by atoms with van der Waals surface area (Å²) in [5, 5.41) is 0.308. The van der Waals surface area contributed by atoms with Gasteiger partial charge in [-0.15, -0.1) is 0 Å². The lowest BCUT2D eigenvalue weighted by molar-refractivity contribution is 0.151. The van der Waals surface area contributed by atoms with Gasteiger partial charge >= 0.3 is 0 Å². The summed E-state index contributed by atoms with van der Waals surface area (Å²) in [6.45, 7) is 3.49. The highest BCUT2D eigenvalue weighted by molar-refractivity contribution is 6.32. The monoisotopic (exact) mass is 188 g/mol. The molecule has 0 fully saturated rings. The van der Waals surface area contributed by atoms with Crippen molar-refractivity contribution in [1.82, 2.24) is 0 Å². The molecule has 1 rings (SSSR count). The second-order valence-corrected chi connectivity index (χ2v) is 2.69. The van der Waals surface area contributed by atoms with Crippen molar-refractivity contribution in [2.75, 3.05) is 0 Å². The highest BCUT2D eigenvalue weighted by atomic mass is 35.5. The molecule has 0 saturated carbocycles. The number of alkyl halides is 2. The van der Waals surface area contributed by atoms with E-state index in [-0.39, 0.29) is 5.56 Å². The van der Waals surface area contributed by atoms with Crippen LogP contribution in [0.15, 0.2) is 24.8 Å². The third-order valence-corrected chi connectivity index (χ3v) is 1.82. The molecule has 0 amide bonds. The Bertz CT molecular complexity index is 295. The highest BCUT2D eigenvalue weighted by Gasteiger charge is 2.07. The van der Waals surface area contributed by atoms with Gasteiger partial charge in [0.1, 0.15) is 0 Å². The zero-order valence-electron chi connectivity index (χ0n) is 6.23. The second kappa shape index (κ2) is 3.68. The Hall–Kier alpha value is -0.890. The number of benzene rings is 1. The standard InChI is InChI=1S/C9H7ClF2/c1-2-6-3-4-7(9(11)12)5-8(6)10/h2-5,9H,1H2. The first-order valence-corrected chi connectivity index (χ1v) is 3.73. The van der Waals surface area contributed by atoms with Crippen LogP contribution < -0.4 is 0 Å². The van der Waals surface area contributed by atoms with Crippen LogP contribution in [-0.4, -0.2) is 0 Å². The molecule has 64 valence electrons. The average Bonchev–Trinajstić information content (AvgIpc) is 2.04. The van der Waals surface area contributed by atoms with Crippen LogP contribution in [0.25, 0.3) is 6.08 Å². The van der Waals surface area contributed by atoms with Crippen LogP contribution in [0, 0.1) is 0 Å². The molecule has 0 bridgehead atoms. The number of hydrogen-bond acceptors (Lipinski definition) is 0. The predicted molar refractivity (Wildman–Crippen MR) is 46.5 cm³/mol. The fourth-order valence-corrected chi connectivity index (χ4v) is 1.11. The Balaban J connectivity index is 3.10. The minimum Gasteiger partial charge on any atom is -0.205 e. The molecule has 0 radical (unpaired) electrons. The third-order valence-electron chi connectivity index (χ3n) is 1.50. The van der Waals surface area contributed by atoms with Crippen molar-refractivity contribution in [3.63, 3.8) is 0 Å². The van der Waals surface area contributed by atoms with E-state index in [0.29, 0.717) is 10.6 Å². The van der Waals surface area contributed by atoms with Crippen LogP contribution in [0.3, 0.4) is 0 Å². The summed E-state index contributed by atoms with van der Waals surface area (Å²) in [5.41, 5.74) is 0.603. The second-order valence-electron chi connectivity index (χ2n) is 2.29. The Kier molecular flexibility index (Phi) is 2.82. The molecule has 0 spiro atoms. The smallest absolute Gasteiger partial charge is 0.205 e. The minimum absolute atomic E-state index is 0.0643. The van der Waals surface area contributed by atoms with E-state index >= 15 is 0 Å². The largest absolute Gasteiger partial charge is 0.263 e. The lowest BCUT2D eigenvalue weighted by atomic mass is 10.1. The van der Waals surface area contributed by atoms with E-state index in [1.54, 1.807) is 0 Å². The van der Waals surface area contributed by atoms with E-state index < -0.39 is 6.43 Å². The van der Waals surface area contributed by atoms with E-state index in [0.717, 1.165) is 0 Å². The Morgan fingerprint density at radius 2 is 2.08 bits per heavy atom. The van der Waals surface area contributed by atoms with Crippen LogP contribution in [0.1, 0.15) is 17.6 Å². The van der Waals surface area contributed by atoms with Crippen molar-refractivity contribution in [3.8, 4) is 0 Å². The summed E-state index contributed by atoms with van der Waals surface area (Å²) in [5.74, 6) is 0. The van der Waals surface area contributed by atoms with Crippen molar-refractivity contribution >= 4 is 17.7 Å². The molecule has 0 N–H and O–H groups in total. The van der Waals surface area contributed by atoms with Gasteiger partial charge in [0.25, 0.3) is 6.43 Å². The molecule has 12 heavy (non-hydrogen) atoms. The first kappa shape index (κ1) is 9.20. The van der Waals surface area contributed by atoms with E-state index in [4.69, 9.17) is 11.6 Å². The van der Waals surface area contributed by atoms with Gasteiger partial charge in [-0.25, -0.2) is 8.78 Å². The van der Waals surface area contributed by atoms with Crippen LogP contribution in [0.5, 0.6) is 0 Å². The van der Waals surface area contributed by atoms with Crippen molar-refractivity contribution in [3.05, 3.63) is 40.9 Å². The van der Waals surface area contributed by atoms with Gasteiger partial charge < -0.3 is 0 Å². The first-order chi connectivity index (χ1) is 5.65. The van der Waals surface area contributed by atoms with Gasteiger partial charge in [0.05, 0.1) is 0 Å². The SMILES string of the molecule is C=Cc1ccc(C(F)F)cc1Cl. The maximum atomic E-state index is 12.1. The molecule has 0 heterocycles. The van der Waals surface area contributed by atoms with Crippen molar-refractivity contribution < 1.29 is 8.78 Å². The van der Waals surface area contributed by atoms with Gasteiger partial charge in [-0.1, -0.05) is 36.4 Å². The highest BCUT2D eigenvalue weighted by Crippen LogP contribution is 2.25. The molecule has 0 nitrogen and oxygen atoms in total. The van der Waals surface area contributed by atoms with Gasteiger partial charge in [0.15, 0.2) is 0 Å². The first-order valence-electron chi connectivity index (χ1n) is 3.35. The van der Waals surface area contributed by atoms with Gasteiger partial charge in [-0.3, -0.25) is 0 Å². The Labute approximate surface area is 74.5 Å². The molecule has 1 aromatic carbocycles. The molecular formula is C9H7ClF2. The zero-order chi connectivity index (χ0) is 9.14. The summed E-state index contributed by atoms with van der Waals surface area (Å²) in [6.07, 6.45) is -0.946. The van der Waals surface area contributed by atoms with Gasteiger partial charge in [-0.05, 0) is 11.6 Å². The van der Waals surface area contributed by atoms with E-state index in [1.807, 2.05) is 0 Å². The number of hydrogen-bond donors (Lipinski definition) is 0. The maximum Gasteiger partial charge on any atom is 0.263 e. The molecule has 0 aliphatic carbocycles. The number of rotatable bonds is 2. The van der Waals surface area contributed by atoms with E-state index in [2.05, 4.69) is 6.58 Å². The van der Waals surface area contributed by atoms with Gasteiger partial charge in [0, 0.05) is 10.6 Å². The average molecular weight is 189 g/mol. The quantitative estimate of drug-likeness (QED) is 0.660. The molecular weight excluding hydrogens is 182 g/mol. The third kappa shape index (κ3) is 1.83. The van der Waals surface area contributed by atoms with Crippen molar-refractivity contribution in [2.24, 2.45) is 0 Å². The molecule has 0 saturated heterocycles. The van der Waals surface area contributed by atoms with E-state index in [1.165, 1.54) is 24.3 Å². The van der Waals surface area contributed by atoms with Crippen molar-refractivity contribution in [2.45, 2.75) is 6.43 Å². The topological polar surface area (TPSA) is 0 Å². The molecule has 0 aromatic heterocycles. The summed E-state index contributed by atoms with van der Waals surface area (Å²) in [7, 11) is 0. The summed E-state index contributed by atoms with van der Waals surface area (Å²) < 4.78 is 24.2. The molecule has 0 unspecified atom stereocenters. The predicted octanol–water partition coefficient (Wildman–Crippen LogP) is 3.92. The fraction of sp³-hybridized carbons (Fsp3) is 0.111. The summed E-state index contributed by atoms with van der Waals surface area (Å²) in [4.78, 5) is 0. The van der Waals surface area contributed by atoms with Gasteiger partial charge in [-0.2, -0.15) is 0 Å². The molecule has 0 aliphatic heterocycles. The minimum atomic E-state index is -2.47. The Morgan fingerprint density at radius 3 is 2.50 bits per heavy atom. The van der Waals surface area contributed by atoms with Crippen LogP contribution in [0.4, 0.5) is 8.78 Å². The fourth-order valence-electron chi connectivity index (χ4n) is 0.845.